The molecule has 0 spiro atoms. The Balaban J connectivity index is 1.66. The summed E-state index contributed by atoms with van der Waals surface area (Å²) in [5.74, 6) is 2.83. The second-order valence-corrected chi connectivity index (χ2v) is 5.77. The van der Waals surface area contributed by atoms with Crippen molar-refractivity contribution in [2.24, 2.45) is 0 Å². The maximum Gasteiger partial charge on any atom is 0.236 e. The van der Waals surface area contributed by atoms with Gasteiger partial charge in [-0.15, -0.1) is 23.7 Å². The SMILES string of the molecule is C#CCCCCNCC(=O)N1CCc2sccc2C1. The second kappa shape index (κ2) is 7.32. The van der Waals surface area contributed by atoms with Gasteiger partial charge in [0.25, 0.3) is 0 Å². The molecule has 0 saturated heterocycles. The monoisotopic (exact) mass is 276 g/mol. The number of amides is 1. The lowest BCUT2D eigenvalue weighted by atomic mass is 10.1. The smallest absolute Gasteiger partial charge is 0.236 e. The minimum atomic E-state index is 0.203. The van der Waals surface area contributed by atoms with Crippen molar-refractivity contribution >= 4 is 17.2 Å². The van der Waals surface area contributed by atoms with Gasteiger partial charge < -0.3 is 10.2 Å². The highest BCUT2D eigenvalue weighted by atomic mass is 32.1. The van der Waals surface area contributed by atoms with Gasteiger partial charge in [-0.2, -0.15) is 0 Å². The van der Waals surface area contributed by atoms with Gasteiger partial charge in [0.15, 0.2) is 0 Å². The first-order valence-electron chi connectivity index (χ1n) is 6.78. The minimum absolute atomic E-state index is 0.203. The molecule has 0 aromatic carbocycles. The minimum Gasteiger partial charge on any atom is -0.337 e. The summed E-state index contributed by atoms with van der Waals surface area (Å²) in [6, 6.07) is 2.13. The molecular formula is C15H20N2OS. The number of thiophene rings is 1. The van der Waals surface area contributed by atoms with E-state index in [0.717, 1.165) is 45.3 Å². The number of hydrogen-bond acceptors (Lipinski definition) is 3. The van der Waals surface area contributed by atoms with E-state index in [9.17, 15) is 4.79 Å². The zero-order valence-electron chi connectivity index (χ0n) is 11.2. The van der Waals surface area contributed by atoms with Crippen LogP contribution in [0, 0.1) is 12.3 Å². The molecule has 0 unspecified atom stereocenters. The van der Waals surface area contributed by atoms with Gasteiger partial charge in [-0.05, 0) is 42.8 Å². The van der Waals surface area contributed by atoms with Crippen molar-refractivity contribution in [2.75, 3.05) is 19.6 Å². The molecular weight excluding hydrogens is 256 g/mol. The van der Waals surface area contributed by atoms with Gasteiger partial charge in [-0.3, -0.25) is 4.79 Å². The van der Waals surface area contributed by atoms with Crippen LogP contribution in [0.5, 0.6) is 0 Å². The standard InChI is InChI=1S/C15H20N2OS/c1-2-3-4-5-8-16-11-15(18)17-9-6-14-13(12-17)7-10-19-14/h1,7,10,16H,3-6,8-9,11-12H2. The molecule has 0 fully saturated rings. The Morgan fingerprint density at radius 1 is 1.53 bits per heavy atom. The van der Waals surface area contributed by atoms with Crippen LogP contribution in [-0.2, 0) is 17.8 Å². The predicted molar refractivity (Wildman–Crippen MR) is 79.0 cm³/mol. The van der Waals surface area contributed by atoms with Gasteiger partial charge in [0, 0.05) is 24.4 Å². The summed E-state index contributed by atoms with van der Waals surface area (Å²) >= 11 is 1.80. The maximum atomic E-state index is 12.1. The Bertz CT molecular complexity index is 461. The van der Waals surface area contributed by atoms with Gasteiger partial charge >= 0.3 is 0 Å². The molecule has 1 aromatic heterocycles. The first-order chi connectivity index (χ1) is 9.31. The summed E-state index contributed by atoms with van der Waals surface area (Å²) in [4.78, 5) is 15.4. The van der Waals surface area contributed by atoms with Gasteiger partial charge in [-0.1, -0.05) is 0 Å². The predicted octanol–water partition coefficient (Wildman–Crippen LogP) is 2.03. The first kappa shape index (κ1) is 14.1. The topological polar surface area (TPSA) is 32.3 Å². The normalized spacial score (nSPS) is 13.9. The van der Waals surface area contributed by atoms with Crippen LogP contribution in [-0.4, -0.2) is 30.4 Å². The van der Waals surface area contributed by atoms with Crippen molar-refractivity contribution in [3.63, 3.8) is 0 Å². The fourth-order valence-corrected chi connectivity index (χ4v) is 3.14. The van der Waals surface area contributed by atoms with Crippen LogP contribution in [0.3, 0.4) is 0 Å². The zero-order valence-corrected chi connectivity index (χ0v) is 12.0. The van der Waals surface area contributed by atoms with Gasteiger partial charge in [0.05, 0.1) is 6.54 Å². The average molecular weight is 276 g/mol. The molecule has 0 radical (unpaired) electrons. The van der Waals surface area contributed by atoms with E-state index in [2.05, 4.69) is 22.7 Å². The third kappa shape index (κ3) is 4.09. The summed E-state index contributed by atoms with van der Waals surface area (Å²) in [6.45, 7) is 2.93. The Labute approximate surface area is 119 Å². The highest BCUT2D eigenvalue weighted by molar-refractivity contribution is 7.10. The molecule has 4 heteroatoms. The van der Waals surface area contributed by atoms with E-state index < -0.39 is 0 Å². The van der Waals surface area contributed by atoms with Crippen LogP contribution in [0.15, 0.2) is 11.4 Å². The molecule has 19 heavy (non-hydrogen) atoms. The van der Waals surface area contributed by atoms with Crippen LogP contribution < -0.4 is 5.32 Å². The summed E-state index contributed by atoms with van der Waals surface area (Å²) in [6.07, 6.45) is 9.07. The number of nitrogens with zero attached hydrogens (tertiary/aromatic N) is 1. The van der Waals surface area contributed by atoms with Gasteiger partial charge in [0.2, 0.25) is 5.91 Å². The molecule has 0 atom stereocenters. The Hall–Kier alpha value is -1.31. The largest absolute Gasteiger partial charge is 0.337 e. The van der Waals surface area contributed by atoms with Crippen molar-refractivity contribution in [1.82, 2.24) is 10.2 Å². The van der Waals surface area contributed by atoms with Crippen molar-refractivity contribution in [2.45, 2.75) is 32.2 Å². The third-order valence-electron chi connectivity index (χ3n) is 3.36. The number of nitrogens with one attached hydrogen (secondary N) is 1. The number of carbonyl (C=O) groups is 1. The molecule has 1 N–H and O–H groups in total. The molecule has 2 rings (SSSR count). The Morgan fingerprint density at radius 2 is 2.42 bits per heavy atom. The number of fused-ring (bicyclic) bond motifs is 1. The number of unbranched alkanes of at least 4 members (excludes halogenated alkanes) is 2. The second-order valence-electron chi connectivity index (χ2n) is 4.77. The summed E-state index contributed by atoms with van der Waals surface area (Å²) < 4.78 is 0. The zero-order chi connectivity index (χ0) is 13.5. The molecule has 1 aliphatic heterocycles. The molecule has 1 aliphatic rings. The lowest BCUT2D eigenvalue weighted by molar-refractivity contribution is -0.131. The van der Waals surface area contributed by atoms with E-state index in [4.69, 9.17) is 6.42 Å². The summed E-state index contributed by atoms with van der Waals surface area (Å²) in [7, 11) is 0. The van der Waals surface area contributed by atoms with Crippen molar-refractivity contribution < 1.29 is 4.79 Å². The number of terminal acetylenes is 1. The van der Waals surface area contributed by atoms with E-state index in [1.807, 2.05) is 4.90 Å². The molecule has 0 bridgehead atoms. The van der Waals surface area contributed by atoms with Crippen LogP contribution in [0.25, 0.3) is 0 Å². The Morgan fingerprint density at radius 3 is 3.26 bits per heavy atom. The highest BCUT2D eigenvalue weighted by Crippen LogP contribution is 2.23. The lowest BCUT2D eigenvalue weighted by Crippen LogP contribution is -2.41. The third-order valence-corrected chi connectivity index (χ3v) is 4.38. The van der Waals surface area contributed by atoms with Crippen LogP contribution in [0.4, 0.5) is 0 Å². The van der Waals surface area contributed by atoms with Crippen molar-refractivity contribution in [1.29, 1.82) is 0 Å². The van der Waals surface area contributed by atoms with E-state index in [1.165, 1.54) is 10.4 Å². The first-order valence-corrected chi connectivity index (χ1v) is 7.66. The fraction of sp³-hybridized carbons (Fsp3) is 0.533. The number of hydrogen-bond donors (Lipinski definition) is 1. The molecule has 1 aromatic rings. The van der Waals surface area contributed by atoms with Gasteiger partial charge in [-0.25, -0.2) is 0 Å². The highest BCUT2D eigenvalue weighted by Gasteiger charge is 2.20. The molecule has 102 valence electrons. The maximum absolute atomic E-state index is 12.1. The van der Waals surface area contributed by atoms with E-state index in [1.54, 1.807) is 11.3 Å². The molecule has 0 aliphatic carbocycles. The van der Waals surface area contributed by atoms with Crippen molar-refractivity contribution in [3.05, 3.63) is 21.9 Å². The summed E-state index contributed by atoms with van der Waals surface area (Å²) in [5.41, 5.74) is 1.32. The van der Waals surface area contributed by atoms with E-state index in [-0.39, 0.29) is 5.91 Å². The number of rotatable bonds is 6. The van der Waals surface area contributed by atoms with Crippen LogP contribution >= 0.6 is 11.3 Å². The van der Waals surface area contributed by atoms with Crippen LogP contribution in [0.2, 0.25) is 0 Å². The van der Waals surface area contributed by atoms with Crippen LogP contribution in [0.1, 0.15) is 29.7 Å². The fourth-order valence-electron chi connectivity index (χ4n) is 2.25. The quantitative estimate of drug-likeness (QED) is 0.637. The van der Waals surface area contributed by atoms with Crippen molar-refractivity contribution in [3.8, 4) is 12.3 Å². The van der Waals surface area contributed by atoms with Gasteiger partial charge in [0.1, 0.15) is 0 Å². The molecule has 0 saturated carbocycles. The Kier molecular flexibility index (Phi) is 5.44. The molecule has 1 amide bonds. The average Bonchev–Trinajstić information content (AvgIpc) is 2.89. The summed E-state index contributed by atoms with van der Waals surface area (Å²) in [5, 5.41) is 5.32. The van der Waals surface area contributed by atoms with E-state index in [0.29, 0.717) is 6.54 Å². The molecule has 2 heterocycles. The van der Waals surface area contributed by atoms with E-state index >= 15 is 0 Å². The molecule has 3 nitrogen and oxygen atoms in total. The number of carbonyl (C=O) groups excluding carboxylic acids is 1. The lowest BCUT2D eigenvalue weighted by Gasteiger charge is -2.27.